The Morgan fingerprint density at radius 3 is 2.24 bits per heavy atom. The monoisotopic (exact) mass is 326 g/mol. The zero-order valence-corrected chi connectivity index (χ0v) is 12.3. The van der Waals surface area contributed by atoms with Crippen LogP contribution in [0.5, 0.6) is 0 Å². The van der Waals surface area contributed by atoms with Crippen molar-refractivity contribution in [3.63, 3.8) is 0 Å². The first kappa shape index (κ1) is 16.2. The second kappa shape index (κ2) is 5.56. The maximum Gasteiger partial charge on any atom is 0.391 e. The largest absolute Gasteiger partial charge is 0.391 e. The molecule has 1 heterocycles. The molecule has 1 aliphatic rings. The summed E-state index contributed by atoms with van der Waals surface area (Å²) in [6.45, 7) is 2.01. The van der Waals surface area contributed by atoms with Crippen LogP contribution in [0.1, 0.15) is 44.3 Å². The van der Waals surface area contributed by atoms with Gasteiger partial charge in [-0.3, -0.25) is 0 Å². The molecule has 0 radical (unpaired) electrons. The summed E-state index contributed by atoms with van der Waals surface area (Å²) in [5.41, 5.74) is 0. The number of aromatic nitrogens is 3. The van der Waals surface area contributed by atoms with E-state index in [1.54, 1.807) is 6.92 Å². The molecule has 21 heavy (non-hydrogen) atoms. The van der Waals surface area contributed by atoms with Crippen LogP contribution in [-0.2, 0) is 16.6 Å². The molecule has 1 aliphatic carbocycles. The molecule has 120 valence electrons. The molecule has 1 aromatic rings. The standard InChI is InChI=1S/C11H17F3N4O2S/c1-2-18-9(16-17-10(18)21(15,19)20)7-3-5-8(6-4-7)11(12,13)14/h7-8H,2-6H2,1H3,(H2,15,19,20). The molecule has 1 saturated carbocycles. The molecular formula is C11H17F3N4O2S. The zero-order chi connectivity index (χ0) is 15.8. The van der Waals surface area contributed by atoms with Gasteiger partial charge in [0.25, 0.3) is 15.2 Å². The van der Waals surface area contributed by atoms with Gasteiger partial charge in [0.2, 0.25) is 0 Å². The van der Waals surface area contributed by atoms with Crippen molar-refractivity contribution in [1.29, 1.82) is 0 Å². The number of hydrogen-bond acceptors (Lipinski definition) is 4. The van der Waals surface area contributed by atoms with Gasteiger partial charge in [0, 0.05) is 12.5 Å². The third-order valence-corrected chi connectivity index (χ3v) is 4.68. The van der Waals surface area contributed by atoms with E-state index >= 15 is 0 Å². The van der Waals surface area contributed by atoms with E-state index in [2.05, 4.69) is 10.2 Å². The number of rotatable bonds is 3. The van der Waals surface area contributed by atoms with Gasteiger partial charge in [-0.15, -0.1) is 10.2 Å². The van der Waals surface area contributed by atoms with Gasteiger partial charge in [-0.25, -0.2) is 13.6 Å². The van der Waals surface area contributed by atoms with Crippen molar-refractivity contribution in [1.82, 2.24) is 14.8 Å². The van der Waals surface area contributed by atoms with Gasteiger partial charge in [0.05, 0.1) is 5.92 Å². The van der Waals surface area contributed by atoms with Gasteiger partial charge in [-0.1, -0.05) is 0 Å². The molecule has 2 N–H and O–H groups in total. The fourth-order valence-corrected chi connectivity index (χ4v) is 3.47. The average Bonchev–Trinajstić information content (AvgIpc) is 2.81. The number of alkyl halides is 3. The maximum atomic E-state index is 12.6. The molecule has 0 aromatic carbocycles. The van der Waals surface area contributed by atoms with Gasteiger partial charge in [0.15, 0.2) is 0 Å². The summed E-state index contributed by atoms with van der Waals surface area (Å²) in [6, 6.07) is 0. The number of nitrogens with two attached hydrogens (primary N) is 1. The van der Waals surface area contributed by atoms with Crippen molar-refractivity contribution in [2.45, 2.75) is 56.4 Å². The summed E-state index contributed by atoms with van der Waals surface area (Å²) in [7, 11) is -3.99. The van der Waals surface area contributed by atoms with Crippen LogP contribution >= 0.6 is 0 Å². The molecule has 0 unspecified atom stereocenters. The molecule has 0 spiro atoms. The highest BCUT2D eigenvalue weighted by atomic mass is 32.2. The van der Waals surface area contributed by atoms with E-state index in [9.17, 15) is 21.6 Å². The lowest BCUT2D eigenvalue weighted by atomic mass is 9.81. The minimum atomic E-state index is -4.17. The molecule has 6 nitrogen and oxygen atoms in total. The van der Waals surface area contributed by atoms with Crippen LogP contribution in [0.15, 0.2) is 5.16 Å². The lowest BCUT2D eigenvalue weighted by Gasteiger charge is -2.29. The smallest absolute Gasteiger partial charge is 0.301 e. The molecule has 2 rings (SSSR count). The van der Waals surface area contributed by atoms with Gasteiger partial charge in [0.1, 0.15) is 5.82 Å². The average molecular weight is 326 g/mol. The predicted molar refractivity (Wildman–Crippen MR) is 67.8 cm³/mol. The Bertz CT molecular complexity index is 603. The second-order valence-electron chi connectivity index (χ2n) is 5.22. The van der Waals surface area contributed by atoms with E-state index in [1.165, 1.54) is 4.57 Å². The summed E-state index contributed by atoms with van der Waals surface area (Å²) in [5, 5.41) is 12.1. The molecule has 1 aromatic heterocycles. The third kappa shape index (κ3) is 3.37. The molecule has 1 fully saturated rings. The Morgan fingerprint density at radius 2 is 1.81 bits per heavy atom. The summed E-state index contributed by atoms with van der Waals surface area (Å²) < 4.78 is 62.1. The minimum absolute atomic E-state index is 0.0233. The Hall–Kier alpha value is -1.16. The van der Waals surface area contributed by atoms with E-state index in [0.717, 1.165) is 0 Å². The van der Waals surface area contributed by atoms with E-state index in [0.29, 0.717) is 25.2 Å². The predicted octanol–water partition coefficient (Wildman–Crippen LogP) is 1.78. The number of hydrogen-bond donors (Lipinski definition) is 1. The molecular weight excluding hydrogens is 309 g/mol. The Balaban J connectivity index is 2.20. The van der Waals surface area contributed by atoms with Crippen LogP contribution in [0.4, 0.5) is 13.2 Å². The molecule has 0 amide bonds. The fourth-order valence-electron chi connectivity index (χ4n) is 2.79. The van der Waals surface area contributed by atoms with Crippen LogP contribution in [0, 0.1) is 5.92 Å². The maximum absolute atomic E-state index is 12.6. The van der Waals surface area contributed by atoms with Crippen molar-refractivity contribution in [3.8, 4) is 0 Å². The molecule has 10 heteroatoms. The van der Waals surface area contributed by atoms with E-state index in [4.69, 9.17) is 5.14 Å². The zero-order valence-electron chi connectivity index (χ0n) is 11.5. The highest BCUT2D eigenvalue weighted by molar-refractivity contribution is 7.89. The van der Waals surface area contributed by atoms with Crippen molar-refractivity contribution < 1.29 is 21.6 Å². The lowest BCUT2D eigenvalue weighted by molar-refractivity contribution is -0.182. The first-order valence-electron chi connectivity index (χ1n) is 6.67. The molecule has 0 aliphatic heterocycles. The number of halogens is 3. The van der Waals surface area contributed by atoms with Gasteiger partial charge < -0.3 is 4.57 Å². The first-order valence-corrected chi connectivity index (χ1v) is 8.21. The molecule has 0 saturated heterocycles. The van der Waals surface area contributed by atoms with Crippen molar-refractivity contribution in [3.05, 3.63) is 5.82 Å². The van der Waals surface area contributed by atoms with Crippen LogP contribution in [0.25, 0.3) is 0 Å². The van der Waals surface area contributed by atoms with E-state index in [-0.39, 0.29) is 23.9 Å². The molecule has 0 atom stereocenters. The van der Waals surface area contributed by atoms with Crippen LogP contribution in [0.2, 0.25) is 0 Å². The number of sulfonamides is 1. The Labute approximate surface area is 120 Å². The van der Waals surface area contributed by atoms with Gasteiger partial charge >= 0.3 is 6.18 Å². The first-order chi connectivity index (χ1) is 9.64. The Morgan fingerprint density at radius 1 is 1.24 bits per heavy atom. The van der Waals surface area contributed by atoms with Crippen molar-refractivity contribution in [2.75, 3.05) is 0 Å². The lowest BCUT2D eigenvalue weighted by Crippen LogP contribution is -2.28. The second-order valence-corrected chi connectivity index (χ2v) is 6.68. The third-order valence-electron chi connectivity index (χ3n) is 3.87. The summed E-state index contributed by atoms with van der Waals surface area (Å²) in [4.78, 5) is 0. The normalized spacial score (nSPS) is 24.2. The summed E-state index contributed by atoms with van der Waals surface area (Å²) >= 11 is 0. The topological polar surface area (TPSA) is 90.9 Å². The summed E-state index contributed by atoms with van der Waals surface area (Å²) in [5.74, 6) is -1.10. The minimum Gasteiger partial charge on any atom is -0.301 e. The highest BCUT2D eigenvalue weighted by Gasteiger charge is 2.42. The quantitative estimate of drug-likeness (QED) is 0.916. The van der Waals surface area contributed by atoms with E-state index in [1.807, 2.05) is 0 Å². The SMILES string of the molecule is CCn1c(C2CCC(C(F)(F)F)CC2)nnc1S(N)(=O)=O. The van der Waals surface area contributed by atoms with Gasteiger partial charge in [-0.05, 0) is 32.6 Å². The Kier molecular flexibility index (Phi) is 4.29. The fraction of sp³-hybridized carbons (Fsp3) is 0.818. The van der Waals surface area contributed by atoms with Crippen molar-refractivity contribution >= 4 is 10.0 Å². The summed E-state index contributed by atoms with van der Waals surface area (Å²) in [6.07, 6.45) is -3.50. The van der Waals surface area contributed by atoms with Crippen molar-refractivity contribution in [2.24, 2.45) is 11.1 Å². The van der Waals surface area contributed by atoms with Crippen LogP contribution in [-0.4, -0.2) is 29.4 Å². The number of primary sulfonamides is 1. The van der Waals surface area contributed by atoms with E-state index < -0.39 is 22.1 Å². The number of nitrogens with zero attached hydrogens (tertiary/aromatic N) is 3. The highest BCUT2D eigenvalue weighted by Crippen LogP contribution is 2.42. The van der Waals surface area contributed by atoms with Crippen LogP contribution in [0.3, 0.4) is 0 Å². The van der Waals surface area contributed by atoms with Gasteiger partial charge in [-0.2, -0.15) is 13.2 Å². The van der Waals surface area contributed by atoms with Crippen LogP contribution < -0.4 is 5.14 Å². The molecule has 0 bridgehead atoms.